The van der Waals surface area contributed by atoms with Gasteiger partial charge in [0.2, 0.25) is 5.95 Å². The van der Waals surface area contributed by atoms with Gasteiger partial charge in [0.1, 0.15) is 11.0 Å². The number of nitrogens with one attached hydrogen (secondary N) is 3. The molecule has 0 saturated heterocycles. The lowest BCUT2D eigenvalue weighted by molar-refractivity contribution is 0.612. The number of anilines is 4. The van der Waals surface area contributed by atoms with Gasteiger partial charge >= 0.3 is 0 Å². The minimum Gasteiger partial charge on any atom is -0.324 e. The molecule has 3 aromatic heterocycles. The summed E-state index contributed by atoms with van der Waals surface area (Å²) in [7, 11) is 0. The molecule has 3 N–H and O–H groups in total. The van der Waals surface area contributed by atoms with E-state index < -0.39 is 5.82 Å². The fourth-order valence-electron chi connectivity index (χ4n) is 3.28. The summed E-state index contributed by atoms with van der Waals surface area (Å²) in [6, 6.07) is 11.2. The summed E-state index contributed by atoms with van der Waals surface area (Å²) in [5, 5.41) is 21.7. The summed E-state index contributed by atoms with van der Waals surface area (Å²) in [5.74, 6) is -0.0480. The predicted octanol–water partition coefficient (Wildman–Crippen LogP) is 3.66. The summed E-state index contributed by atoms with van der Waals surface area (Å²) < 4.78 is 14.7. The van der Waals surface area contributed by atoms with Crippen LogP contribution in [0.2, 0.25) is 0 Å². The Bertz CT molecular complexity index is 1310. The van der Waals surface area contributed by atoms with Crippen molar-refractivity contribution in [1.29, 1.82) is 0 Å². The average molecular weight is 389 g/mol. The molecule has 0 spiro atoms. The van der Waals surface area contributed by atoms with Crippen molar-refractivity contribution in [3.8, 4) is 0 Å². The third kappa shape index (κ3) is 3.00. The van der Waals surface area contributed by atoms with E-state index in [4.69, 9.17) is 0 Å². The van der Waals surface area contributed by atoms with Gasteiger partial charge in [-0.25, -0.2) is 9.37 Å². The molecule has 0 unspecified atom stereocenters. The van der Waals surface area contributed by atoms with Crippen LogP contribution in [0, 0.1) is 5.82 Å². The Hall–Kier alpha value is -4.08. The Kier molecular flexibility index (Phi) is 4.01. The number of fused-ring (bicyclic) bond motifs is 2. The van der Waals surface area contributed by atoms with Gasteiger partial charge in [0.05, 0.1) is 23.6 Å². The fraction of sp³-hybridized carbons (Fsp3) is 0.105. The van der Waals surface area contributed by atoms with Crippen molar-refractivity contribution < 1.29 is 4.39 Å². The van der Waals surface area contributed by atoms with E-state index in [-0.39, 0.29) is 11.8 Å². The largest absolute Gasteiger partial charge is 0.324 e. The third-order valence-electron chi connectivity index (χ3n) is 4.62. The number of benzene rings is 2. The van der Waals surface area contributed by atoms with Gasteiger partial charge in [-0.15, -0.1) is 0 Å². The van der Waals surface area contributed by atoms with Gasteiger partial charge < -0.3 is 10.2 Å². The molecule has 3 heterocycles. The molecule has 144 valence electrons. The number of aromatic amines is 2. The normalized spacial score (nSPS) is 11.2. The van der Waals surface area contributed by atoms with Crippen molar-refractivity contribution in [2.24, 2.45) is 0 Å². The Morgan fingerprint density at radius 3 is 2.90 bits per heavy atom. The highest BCUT2D eigenvalue weighted by molar-refractivity contribution is 5.93. The molecule has 0 aliphatic carbocycles. The Morgan fingerprint density at radius 1 is 1.10 bits per heavy atom. The lowest BCUT2D eigenvalue weighted by Crippen LogP contribution is -2.20. The van der Waals surface area contributed by atoms with E-state index in [1.165, 1.54) is 0 Å². The highest BCUT2D eigenvalue weighted by Crippen LogP contribution is 2.32. The van der Waals surface area contributed by atoms with E-state index >= 15 is 0 Å². The minimum atomic E-state index is -0.509. The molecule has 5 aromatic rings. The van der Waals surface area contributed by atoms with Gasteiger partial charge in [0.25, 0.3) is 0 Å². The summed E-state index contributed by atoms with van der Waals surface area (Å²) in [5.41, 5.74) is 3.87. The van der Waals surface area contributed by atoms with E-state index in [9.17, 15) is 4.39 Å². The molecule has 5 rings (SSSR count). The van der Waals surface area contributed by atoms with Crippen LogP contribution in [-0.4, -0.2) is 42.1 Å². The highest BCUT2D eigenvalue weighted by Gasteiger charge is 2.18. The van der Waals surface area contributed by atoms with Gasteiger partial charge in [-0.2, -0.15) is 25.5 Å². The van der Waals surface area contributed by atoms with E-state index in [0.717, 1.165) is 34.0 Å². The Labute approximate surface area is 164 Å². The predicted molar refractivity (Wildman–Crippen MR) is 108 cm³/mol. The SMILES string of the molecule is CCN(c1nc(Nc2ccc3n[nH]nc3c2)ncc1F)c1cccc2[nH]ncc12. The van der Waals surface area contributed by atoms with E-state index in [0.29, 0.717) is 12.1 Å². The number of H-pyrrole nitrogens is 2. The summed E-state index contributed by atoms with van der Waals surface area (Å²) in [4.78, 5) is 10.3. The van der Waals surface area contributed by atoms with Crippen molar-refractivity contribution in [3.05, 3.63) is 54.6 Å². The van der Waals surface area contributed by atoms with Gasteiger partial charge in [-0.3, -0.25) is 5.10 Å². The maximum absolute atomic E-state index is 14.7. The molecule has 0 amide bonds. The van der Waals surface area contributed by atoms with Crippen molar-refractivity contribution in [2.75, 3.05) is 16.8 Å². The van der Waals surface area contributed by atoms with Crippen LogP contribution in [0.5, 0.6) is 0 Å². The van der Waals surface area contributed by atoms with E-state index in [1.807, 2.05) is 43.3 Å². The standard InChI is InChI=1S/C19H16FN9/c1-2-29(17-5-3-4-14-12(17)9-22-25-14)18-13(20)10-21-19(24-18)23-11-6-7-15-16(8-11)27-28-26-15/h3-10H,2H2,1H3,(H,22,25)(H,21,23,24)(H,26,27,28). The monoisotopic (exact) mass is 389 g/mol. The van der Waals surface area contributed by atoms with Crippen molar-refractivity contribution >= 4 is 45.1 Å². The molecule has 0 saturated carbocycles. The first kappa shape index (κ1) is 17.0. The number of nitrogens with zero attached hydrogens (tertiary/aromatic N) is 6. The molecule has 10 heteroatoms. The Balaban J connectivity index is 1.53. The topological polar surface area (TPSA) is 111 Å². The first-order valence-corrected chi connectivity index (χ1v) is 9.02. The second-order valence-corrected chi connectivity index (χ2v) is 6.37. The molecule has 0 fully saturated rings. The molecule has 0 radical (unpaired) electrons. The molecule has 0 bridgehead atoms. The molecule has 0 aliphatic rings. The fourth-order valence-corrected chi connectivity index (χ4v) is 3.28. The molecular formula is C19H16FN9. The highest BCUT2D eigenvalue weighted by atomic mass is 19.1. The molecule has 29 heavy (non-hydrogen) atoms. The number of rotatable bonds is 5. The quantitative estimate of drug-likeness (QED) is 0.420. The van der Waals surface area contributed by atoms with Gasteiger partial charge in [0, 0.05) is 17.6 Å². The molecule has 2 aromatic carbocycles. The second kappa shape index (κ2) is 6.82. The first-order valence-electron chi connectivity index (χ1n) is 9.02. The van der Waals surface area contributed by atoms with Crippen LogP contribution in [0.4, 0.5) is 27.5 Å². The zero-order valence-electron chi connectivity index (χ0n) is 15.4. The first-order chi connectivity index (χ1) is 14.2. The lowest BCUT2D eigenvalue weighted by atomic mass is 10.2. The lowest BCUT2D eigenvalue weighted by Gasteiger charge is -2.23. The Morgan fingerprint density at radius 2 is 2.00 bits per heavy atom. The number of aromatic nitrogens is 7. The number of halogens is 1. The van der Waals surface area contributed by atoms with E-state index in [1.54, 1.807) is 11.1 Å². The maximum atomic E-state index is 14.7. The van der Waals surface area contributed by atoms with Crippen LogP contribution in [0.1, 0.15) is 6.92 Å². The van der Waals surface area contributed by atoms with Crippen LogP contribution in [0.15, 0.2) is 48.8 Å². The summed E-state index contributed by atoms with van der Waals surface area (Å²) in [6.45, 7) is 2.45. The van der Waals surface area contributed by atoms with Crippen LogP contribution >= 0.6 is 0 Å². The van der Waals surface area contributed by atoms with Gasteiger partial charge in [-0.1, -0.05) is 6.07 Å². The van der Waals surface area contributed by atoms with E-state index in [2.05, 4.69) is 40.9 Å². The minimum absolute atomic E-state index is 0.182. The third-order valence-corrected chi connectivity index (χ3v) is 4.62. The van der Waals surface area contributed by atoms with Crippen LogP contribution in [0.25, 0.3) is 21.9 Å². The maximum Gasteiger partial charge on any atom is 0.229 e. The van der Waals surface area contributed by atoms with Gasteiger partial charge in [-0.05, 0) is 37.3 Å². The smallest absolute Gasteiger partial charge is 0.229 e. The second-order valence-electron chi connectivity index (χ2n) is 6.37. The average Bonchev–Trinajstić information content (AvgIpc) is 3.40. The molecule has 0 aliphatic heterocycles. The number of hydrogen-bond donors (Lipinski definition) is 3. The number of hydrogen-bond acceptors (Lipinski definition) is 7. The van der Waals surface area contributed by atoms with Crippen LogP contribution in [0.3, 0.4) is 0 Å². The zero-order chi connectivity index (χ0) is 19.8. The van der Waals surface area contributed by atoms with Crippen molar-refractivity contribution in [3.63, 3.8) is 0 Å². The molecule has 9 nitrogen and oxygen atoms in total. The van der Waals surface area contributed by atoms with Gasteiger partial charge in [0.15, 0.2) is 11.6 Å². The van der Waals surface area contributed by atoms with Crippen LogP contribution < -0.4 is 10.2 Å². The summed E-state index contributed by atoms with van der Waals surface area (Å²) >= 11 is 0. The summed E-state index contributed by atoms with van der Waals surface area (Å²) in [6.07, 6.45) is 2.89. The zero-order valence-corrected chi connectivity index (χ0v) is 15.4. The molecule has 0 atom stereocenters. The van der Waals surface area contributed by atoms with Crippen LogP contribution in [-0.2, 0) is 0 Å². The van der Waals surface area contributed by atoms with Crippen molar-refractivity contribution in [1.82, 2.24) is 35.6 Å². The molecular weight excluding hydrogens is 373 g/mol. The van der Waals surface area contributed by atoms with Crippen molar-refractivity contribution in [2.45, 2.75) is 6.92 Å².